The molecule has 0 aliphatic carbocycles. The molecule has 1 unspecified atom stereocenters. The van der Waals surface area contributed by atoms with Crippen molar-refractivity contribution in [3.63, 3.8) is 0 Å². The van der Waals surface area contributed by atoms with Gasteiger partial charge < -0.3 is 16.4 Å². The van der Waals surface area contributed by atoms with Crippen LogP contribution in [0.3, 0.4) is 0 Å². The predicted molar refractivity (Wildman–Crippen MR) is 94.0 cm³/mol. The molecule has 1 atom stereocenters. The Hall–Kier alpha value is -3.15. The standard InChI is InChI=1S/C19H19N3O3/c20-17(24)13-5-4-8-15(11-13)22-18(25)19(10-9-16(23)21-12-19)14-6-2-1-3-7-14/h1-8,11H,9-10,12H2,(H2,20,24)(H,21,23)(H,22,25). The molecule has 25 heavy (non-hydrogen) atoms. The summed E-state index contributed by atoms with van der Waals surface area (Å²) in [6, 6.07) is 15.9. The molecule has 0 radical (unpaired) electrons. The number of amides is 3. The van der Waals surface area contributed by atoms with E-state index in [1.165, 1.54) is 0 Å². The molecule has 1 heterocycles. The molecule has 1 aliphatic heterocycles. The first-order valence-corrected chi connectivity index (χ1v) is 8.05. The second-order valence-electron chi connectivity index (χ2n) is 6.12. The van der Waals surface area contributed by atoms with Gasteiger partial charge in [-0.05, 0) is 30.2 Å². The molecule has 1 aliphatic rings. The van der Waals surface area contributed by atoms with Gasteiger partial charge in [0.25, 0.3) is 0 Å². The lowest BCUT2D eigenvalue weighted by molar-refractivity contribution is -0.127. The number of hydrogen-bond acceptors (Lipinski definition) is 3. The Morgan fingerprint density at radius 1 is 1.08 bits per heavy atom. The number of anilines is 1. The van der Waals surface area contributed by atoms with Gasteiger partial charge in [-0.2, -0.15) is 0 Å². The summed E-state index contributed by atoms with van der Waals surface area (Å²) in [5.74, 6) is -0.839. The third-order valence-corrected chi connectivity index (χ3v) is 4.53. The van der Waals surface area contributed by atoms with Gasteiger partial charge in [0.2, 0.25) is 17.7 Å². The fourth-order valence-corrected chi connectivity index (χ4v) is 3.08. The second-order valence-corrected chi connectivity index (χ2v) is 6.12. The van der Waals surface area contributed by atoms with Gasteiger partial charge in [-0.3, -0.25) is 14.4 Å². The number of nitrogens with one attached hydrogen (secondary N) is 2. The van der Waals surface area contributed by atoms with Crippen LogP contribution in [0.1, 0.15) is 28.8 Å². The molecule has 3 amide bonds. The van der Waals surface area contributed by atoms with Crippen LogP contribution in [0.15, 0.2) is 54.6 Å². The van der Waals surface area contributed by atoms with Crippen LogP contribution in [0.25, 0.3) is 0 Å². The van der Waals surface area contributed by atoms with E-state index in [2.05, 4.69) is 10.6 Å². The first-order valence-electron chi connectivity index (χ1n) is 8.05. The molecule has 0 aromatic heterocycles. The van der Waals surface area contributed by atoms with Crippen molar-refractivity contribution in [1.82, 2.24) is 5.32 Å². The summed E-state index contributed by atoms with van der Waals surface area (Å²) in [6.07, 6.45) is 0.702. The lowest BCUT2D eigenvalue weighted by Crippen LogP contribution is -2.53. The number of benzene rings is 2. The topological polar surface area (TPSA) is 101 Å². The van der Waals surface area contributed by atoms with E-state index in [0.29, 0.717) is 17.7 Å². The quantitative estimate of drug-likeness (QED) is 0.789. The number of primary amides is 1. The van der Waals surface area contributed by atoms with Crippen LogP contribution in [0, 0.1) is 0 Å². The zero-order chi connectivity index (χ0) is 17.9. The molecule has 0 spiro atoms. The van der Waals surface area contributed by atoms with E-state index in [1.54, 1.807) is 24.3 Å². The van der Waals surface area contributed by atoms with Crippen molar-refractivity contribution >= 4 is 23.4 Å². The van der Waals surface area contributed by atoms with E-state index >= 15 is 0 Å². The van der Waals surface area contributed by atoms with Gasteiger partial charge in [0, 0.05) is 24.2 Å². The smallest absolute Gasteiger partial charge is 0.248 e. The van der Waals surface area contributed by atoms with Gasteiger partial charge in [-0.1, -0.05) is 36.4 Å². The Balaban J connectivity index is 1.91. The van der Waals surface area contributed by atoms with Crippen LogP contribution < -0.4 is 16.4 Å². The Kier molecular flexibility index (Phi) is 4.52. The molecule has 1 fully saturated rings. The van der Waals surface area contributed by atoms with Gasteiger partial charge >= 0.3 is 0 Å². The maximum Gasteiger partial charge on any atom is 0.248 e. The third-order valence-electron chi connectivity index (χ3n) is 4.53. The summed E-state index contributed by atoms with van der Waals surface area (Å²) in [5, 5.41) is 5.66. The van der Waals surface area contributed by atoms with E-state index in [1.807, 2.05) is 30.3 Å². The first kappa shape index (κ1) is 16.7. The Morgan fingerprint density at radius 2 is 1.84 bits per heavy atom. The van der Waals surface area contributed by atoms with Gasteiger partial charge in [-0.15, -0.1) is 0 Å². The highest BCUT2D eigenvalue weighted by molar-refractivity contribution is 6.02. The van der Waals surface area contributed by atoms with Crippen molar-refractivity contribution < 1.29 is 14.4 Å². The van der Waals surface area contributed by atoms with E-state index in [0.717, 1.165) is 5.56 Å². The van der Waals surface area contributed by atoms with Crippen molar-refractivity contribution in [2.24, 2.45) is 5.73 Å². The number of nitrogens with two attached hydrogens (primary N) is 1. The maximum absolute atomic E-state index is 13.1. The molecular weight excluding hydrogens is 318 g/mol. The summed E-state index contributed by atoms with van der Waals surface area (Å²) in [5.41, 5.74) is 6.10. The molecule has 2 aromatic rings. The Labute approximate surface area is 145 Å². The van der Waals surface area contributed by atoms with Crippen LogP contribution >= 0.6 is 0 Å². The molecule has 6 heteroatoms. The number of carbonyl (C=O) groups excluding carboxylic acids is 3. The molecule has 2 aromatic carbocycles. The third kappa shape index (κ3) is 3.38. The monoisotopic (exact) mass is 337 g/mol. The zero-order valence-electron chi connectivity index (χ0n) is 13.6. The number of carbonyl (C=O) groups is 3. The summed E-state index contributed by atoms with van der Waals surface area (Å²) in [6.45, 7) is 0.233. The molecule has 3 rings (SSSR count). The van der Waals surface area contributed by atoms with E-state index in [9.17, 15) is 14.4 Å². The van der Waals surface area contributed by atoms with Crippen LogP contribution in [0.4, 0.5) is 5.69 Å². The van der Waals surface area contributed by atoms with Crippen molar-refractivity contribution in [3.8, 4) is 0 Å². The summed E-state index contributed by atoms with van der Waals surface area (Å²) >= 11 is 0. The second kappa shape index (κ2) is 6.76. The summed E-state index contributed by atoms with van der Waals surface area (Å²) in [7, 11) is 0. The van der Waals surface area contributed by atoms with Crippen LogP contribution in [0.2, 0.25) is 0 Å². The van der Waals surface area contributed by atoms with E-state index in [4.69, 9.17) is 5.73 Å². The normalized spacial score (nSPS) is 19.8. The lowest BCUT2D eigenvalue weighted by atomic mass is 9.73. The van der Waals surface area contributed by atoms with E-state index in [-0.39, 0.29) is 24.8 Å². The molecule has 0 bridgehead atoms. The maximum atomic E-state index is 13.1. The minimum absolute atomic E-state index is 0.0601. The van der Waals surface area contributed by atoms with Crippen molar-refractivity contribution in [2.75, 3.05) is 11.9 Å². The average molecular weight is 337 g/mol. The number of hydrogen-bond donors (Lipinski definition) is 3. The van der Waals surface area contributed by atoms with Crippen LogP contribution in [-0.4, -0.2) is 24.3 Å². The fourth-order valence-electron chi connectivity index (χ4n) is 3.08. The summed E-state index contributed by atoms with van der Waals surface area (Å²) in [4.78, 5) is 36.0. The van der Waals surface area contributed by atoms with Gasteiger partial charge in [-0.25, -0.2) is 0 Å². The molecule has 1 saturated heterocycles. The van der Waals surface area contributed by atoms with E-state index < -0.39 is 11.3 Å². The largest absolute Gasteiger partial charge is 0.366 e. The molecule has 0 saturated carbocycles. The zero-order valence-corrected chi connectivity index (χ0v) is 13.6. The SMILES string of the molecule is NC(=O)c1cccc(NC(=O)C2(c3ccccc3)CCC(=O)NC2)c1. The van der Waals surface area contributed by atoms with Gasteiger partial charge in [0.1, 0.15) is 0 Å². The molecule has 6 nitrogen and oxygen atoms in total. The minimum atomic E-state index is -0.849. The minimum Gasteiger partial charge on any atom is -0.366 e. The van der Waals surface area contributed by atoms with Crippen molar-refractivity contribution in [2.45, 2.75) is 18.3 Å². The summed E-state index contributed by atoms with van der Waals surface area (Å²) < 4.78 is 0. The fraction of sp³-hybridized carbons (Fsp3) is 0.211. The van der Waals surface area contributed by atoms with Crippen LogP contribution in [0.5, 0.6) is 0 Å². The molecular formula is C19H19N3O3. The molecule has 128 valence electrons. The lowest BCUT2D eigenvalue weighted by Gasteiger charge is -2.36. The average Bonchev–Trinajstić information content (AvgIpc) is 2.63. The highest BCUT2D eigenvalue weighted by atomic mass is 16.2. The highest BCUT2D eigenvalue weighted by Gasteiger charge is 2.43. The van der Waals surface area contributed by atoms with Crippen LogP contribution in [-0.2, 0) is 15.0 Å². The Bertz CT molecular complexity index is 808. The van der Waals surface area contributed by atoms with Crippen molar-refractivity contribution in [3.05, 3.63) is 65.7 Å². The highest BCUT2D eigenvalue weighted by Crippen LogP contribution is 2.33. The number of rotatable bonds is 4. The van der Waals surface area contributed by atoms with Crippen molar-refractivity contribution in [1.29, 1.82) is 0 Å². The Morgan fingerprint density at radius 3 is 2.48 bits per heavy atom. The van der Waals surface area contributed by atoms with Gasteiger partial charge in [0.05, 0.1) is 5.41 Å². The molecule has 4 N–H and O–H groups in total. The van der Waals surface area contributed by atoms with Gasteiger partial charge in [0.15, 0.2) is 0 Å². The first-order chi connectivity index (χ1) is 12.0. The predicted octanol–water partition coefficient (Wildman–Crippen LogP) is 1.57. The number of piperidine rings is 1.